The number of halogens is 3. The highest BCUT2D eigenvalue weighted by Gasteiger charge is 2.60. The van der Waals surface area contributed by atoms with E-state index >= 15 is 0 Å². The first-order chi connectivity index (χ1) is 14.2. The van der Waals surface area contributed by atoms with Gasteiger partial charge in [-0.25, -0.2) is 4.98 Å². The van der Waals surface area contributed by atoms with Crippen molar-refractivity contribution < 1.29 is 32.5 Å². The highest BCUT2D eigenvalue weighted by atomic mass is 19.4. The minimum absolute atomic E-state index is 0.0600. The van der Waals surface area contributed by atoms with Crippen LogP contribution in [-0.4, -0.2) is 41.4 Å². The van der Waals surface area contributed by atoms with Crippen LogP contribution < -0.4 is 10.1 Å². The first-order valence-corrected chi connectivity index (χ1v) is 9.52. The van der Waals surface area contributed by atoms with E-state index in [-0.39, 0.29) is 18.5 Å². The summed E-state index contributed by atoms with van der Waals surface area (Å²) in [5.74, 6) is -0.0398. The Kier molecular flexibility index (Phi) is 5.19. The zero-order valence-electron chi connectivity index (χ0n) is 16.1. The first kappa shape index (κ1) is 20.6. The molecule has 0 unspecified atom stereocenters. The van der Waals surface area contributed by atoms with Crippen LogP contribution in [-0.2, 0) is 22.1 Å². The predicted molar refractivity (Wildman–Crippen MR) is 101 cm³/mol. The van der Waals surface area contributed by atoms with Gasteiger partial charge in [-0.3, -0.25) is 4.79 Å². The third kappa shape index (κ3) is 3.75. The molecule has 2 saturated heterocycles. The third-order valence-corrected chi connectivity index (χ3v) is 5.83. The van der Waals surface area contributed by atoms with Crippen LogP contribution in [0, 0.1) is 5.41 Å². The van der Waals surface area contributed by atoms with E-state index in [1.165, 1.54) is 19.2 Å². The fraction of sp³-hybridized carbons (Fsp3) is 0.429. The number of nitrogens with one attached hydrogen (secondary N) is 1. The van der Waals surface area contributed by atoms with Crippen LogP contribution in [0.4, 0.5) is 18.9 Å². The van der Waals surface area contributed by atoms with Crippen molar-refractivity contribution in [2.75, 3.05) is 12.4 Å². The van der Waals surface area contributed by atoms with Crippen molar-refractivity contribution in [3.05, 3.63) is 53.7 Å². The minimum atomic E-state index is -4.51. The van der Waals surface area contributed by atoms with Crippen LogP contribution in [0.1, 0.15) is 24.0 Å². The minimum Gasteiger partial charge on any atom is -0.481 e. The molecule has 2 aliphatic rings. The van der Waals surface area contributed by atoms with Gasteiger partial charge in [-0.2, -0.15) is 13.2 Å². The highest BCUT2D eigenvalue weighted by molar-refractivity contribution is 5.96. The van der Waals surface area contributed by atoms with Crippen LogP contribution >= 0.6 is 0 Å². The number of aromatic nitrogens is 1. The Hall–Kier alpha value is -2.65. The zero-order valence-corrected chi connectivity index (χ0v) is 16.1. The van der Waals surface area contributed by atoms with Crippen LogP contribution in [0.5, 0.6) is 5.88 Å². The number of aliphatic hydroxyl groups is 1. The van der Waals surface area contributed by atoms with Gasteiger partial charge in [0.1, 0.15) is 0 Å². The Balaban J connectivity index is 1.63. The molecule has 2 fully saturated rings. The third-order valence-electron chi connectivity index (χ3n) is 5.83. The van der Waals surface area contributed by atoms with Crippen molar-refractivity contribution in [2.24, 2.45) is 5.41 Å². The molecule has 30 heavy (non-hydrogen) atoms. The second kappa shape index (κ2) is 7.55. The number of aliphatic hydroxyl groups excluding tert-OH is 1. The van der Waals surface area contributed by atoms with E-state index in [0.29, 0.717) is 12.3 Å². The lowest BCUT2D eigenvalue weighted by Gasteiger charge is -2.35. The number of anilines is 1. The average molecular weight is 422 g/mol. The van der Waals surface area contributed by atoms with E-state index in [1.807, 2.05) is 0 Å². The van der Waals surface area contributed by atoms with Crippen molar-refractivity contribution in [3.8, 4) is 5.88 Å². The summed E-state index contributed by atoms with van der Waals surface area (Å²) in [4.78, 5) is 17.4. The molecule has 9 heteroatoms. The van der Waals surface area contributed by atoms with Gasteiger partial charge < -0.3 is 19.9 Å². The molecule has 3 heterocycles. The molecule has 2 bridgehead atoms. The molecule has 2 N–H and O–H groups in total. The largest absolute Gasteiger partial charge is 0.481 e. The van der Waals surface area contributed by atoms with E-state index < -0.39 is 41.4 Å². The molecule has 0 saturated carbocycles. The number of amides is 1. The molecule has 1 aromatic heterocycles. The number of carbonyl (C=O) groups is 1. The highest BCUT2D eigenvalue weighted by Crippen LogP contribution is 2.50. The molecule has 0 radical (unpaired) electrons. The van der Waals surface area contributed by atoms with Gasteiger partial charge in [-0.15, -0.1) is 0 Å². The molecule has 160 valence electrons. The standard InChI is InChI=1S/C21H21F3N2O4/c1-29-18-7-12(5-6-25-18)10-20(11-16-15(27)9-17(20)30-16)19(28)26-14-4-2-3-13(8-14)21(22,23)24/h2-8,15-17,27H,9-11H2,1H3,(H,26,28)/t15-,16+,17+,20-/m0/s1. The number of benzene rings is 1. The van der Waals surface area contributed by atoms with Crippen LogP contribution in [0.3, 0.4) is 0 Å². The summed E-state index contributed by atoms with van der Waals surface area (Å²) in [6.45, 7) is 0. The molecule has 2 aromatic rings. The average Bonchev–Trinajstić information content (AvgIpc) is 3.25. The number of nitrogens with zero attached hydrogens (tertiary/aromatic N) is 1. The fourth-order valence-corrected chi connectivity index (χ4v) is 4.33. The van der Waals surface area contributed by atoms with Gasteiger partial charge in [0.05, 0.1) is 36.4 Å². The van der Waals surface area contributed by atoms with Crippen molar-refractivity contribution in [2.45, 2.75) is 43.8 Å². The normalized spacial score (nSPS) is 27.8. The van der Waals surface area contributed by atoms with Crippen molar-refractivity contribution in [3.63, 3.8) is 0 Å². The first-order valence-electron chi connectivity index (χ1n) is 9.52. The number of fused-ring (bicyclic) bond motifs is 2. The summed E-state index contributed by atoms with van der Waals surface area (Å²) in [6.07, 6.45) is -3.77. The number of pyridine rings is 1. The lowest BCUT2D eigenvalue weighted by atomic mass is 9.68. The van der Waals surface area contributed by atoms with Gasteiger partial charge in [0.15, 0.2) is 0 Å². The maximum Gasteiger partial charge on any atom is 0.416 e. The van der Waals surface area contributed by atoms with Gasteiger partial charge in [-0.1, -0.05) is 6.07 Å². The molecule has 0 spiro atoms. The molecule has 2 aliphatic heterocycles. The molecular formula is C21H21F3N2O4. The van der Waals surface area contributed by atoms with E-state index in [9.17, 15) is 23.1 Å². The number of methoxy groups -OCH3 is 1. The number of ether oxygens (including phenoxy) is 2. The quantitative estimate of drug-likeness (QED) is 0.774. The van der Waals surface area contributed by atoms with Crippen LogP contribution in [0.25, 0.3) is 0 Å². The number of alkyl halides is 3. The van der Waals surface area contributed by atoms with Crippen molar-refractivity contribution >= 4 is 11.6 Å². The second-order valence-electron chi connectivity index (χ2n) is 7.74. The molecule has 6 nitrogen and oxygen atoms in total. The Bertz CT molecular complexity index is 950. The summed E-state index contributed by atoms with van der Waals surface area (Å²) in [6, 6.07) is 7.99. The van der Waals surface area contributed by atoms with Gasteiger partial charge in [0.25, 0.3) is 0 Å². The van der Waals surface area contributed by atoms with Crippen LogP contribution in [0.15, 0.2) is 42.6 Å². The Labute approximate surface area is 171 Å². The summed E-state index contributed by atoms with van der Waals surface area (Å²) in [5, 5.41) is 12.7. The lowest BCUT2D eigenvalue weighted by molar-refractivity contribution is -0.137. The van der Waals surface area contributed by atoms with Crippen molar-refractivity contribution in [1.82, 2.24) is 4.98 Å². The number of hydrogen-bond donors (Lipinski definition) is 2. The smallest absolute Gasteiger partial charge is 0.416 e. The lowest BCUT2D eigenvalue weighted by Crippen LogP contribution is -2.48. The number of carbonyl (C=O) groups excluding carboxylic acids is 1. The van der Waals surface area contributed by atoms with Gasteiger partial charge >= 0.3 is 6.18 Å². The molecule has 0 aliphatic carbocycles. The summed E-state index contributed by atoms with van der Waals surface area (Å²) in [7, 11) is 1.49. The monoisotopic (exact) mass is 422 g/mol. The summed E-state index contributed by atoms with van der Waals surface area (Å²) in [5.41, 5.74) is -1.02. The Morgan fingerprint density at radius 1 is 1.37 bits per heavy atom. The SMILES string of the molecule is COc1cc(C[C@]2(C(=O)Nc3cccc(C(F)(F)F)c3)C[C@H]3O[C@@H]2C[C@@H]3O)ccn1. The van der Waals surface area contributed by atoms with E-state index in [4.69, 9.17) is 9.47 Å². The maximum absolute atomic E-state index is 13.4. The van der Waals surface area contributed by atoms with Gasteiger partial charge in [0, 0.05) is 24.4 Å². The predicted octanol–water partition coefficient (Wildman–Crippen LogP) is 3.20. The fourth-order valence-electron chi connectivity index (χ4n) is 4.33. The molecule has 4 rings (SSSR count). The zero-order chi connectivity index (χ0) is 21.5. The van der Waals surface area contributed by atoms with E-state index in [1.54, 1.807) is 18.3 Å². The molecular weight excluding hydrogens is 401 g/mol. The van der Waals surface area contributed by atoms with Crippen molar-refractivity contribution in [1.29, 1.82) is 0 Å². The van der Waals surface area contributed by atoms with E-state index in [2.05, 4.69) is 10.3 Å². The summed E-state index contributed by atoms with van der Waals surface area (Å²) >= 11 is 0. The number of rotatable bonds is 5. The molecule has 4 atom stereocenters. The van der Waals surface area contributed by atoms with Crippen LogP contribution in [0.2, 0.25) is 0 Å². The Morgan fingerprint density at radius 3 is 2.80 bits per heavy atom. The molecule has 1 amide bonds. The number of hydrogen-bond acceptors (Lipinski definition) is 5. The van der Waals surface area contributed by atoms with Gasteiger partial charge in [0.2, 0.25) is 11.8 Å². The maximum atomic E-state index is 13.4. The van der Waals surface area contributed by atoms with Gasteiger partial charge in [-0.05, 0) is 42.7 Å². The second-order valence-corrected chi connectivity index (χ2v) is 7.74. The molecule has 1 aromatic carbocycles. The topological polar surface area (TPSA) is 80.7 Å². The van der Waals surface area contributed by atoms with E-state index in [0.717, 1.165) is 17.7 Å². The Morgan fingerprint density at radius 2 is 2.17 bits per heavy atom. The summed E-state index contributed by atoms with van der Waals surface area (Å²) < 4.78 is 50.1.